The van der Waals surface area contributed by atoms with E-state index >= 15 is 0 Å². The van der Waals surface area contributed by atoms with Gasteiger partial charge in [0.1, 0.15) is 0 Å². The van der Waals surface area contributed by atoms with E-state index in [0.717, 1.165) is 0 Å². The Labute approximate surface area is 81.9 Å². The molecule has 0 amide bonds. The van der Waals surface area contributed by atoms with Crippen molar-refractivity contribution in [2.75, 3.05) is 0 Å². The summed E-state index contributed by atoms with van der Waals surface area (Å²) in [5.41, 5.74) is -0.151. The molecule has 0 fully saturated rings. The van der Waals surface area contributed by atoms with Gasteiger partial charge in [-0.2, -0.15) is 4.80 Å². The SMILES string of the molecule is CC(C)(C)c1nnn(CCC(=O)O)n1. The van der Waals surface area contributed by atoms with Gasteiger partial charge in [0, 0.05) is 5.41 Å². The van der Waals surface area contributed by atoms with Crippen molar-refractivity contribution in [1.29, 1.82) is 0 Å². The number of tetrazole rings is 1. The Hall–Kier alpha value is -1.46. The van der Waals surface area contributed by atoms with Crippen LogP contribution in [-0.2, 0) is 16.8 Å². The number of aryl methyl sites for hydroxylation is 1. The van der Waals surface area contributed by atoms with Gasteiger partial charge < -0.3 is 5.11 Å². The van der Waals surface area contributed by atoms with E-state index in [4.69, 9.17) is 5.11 Å². The third-order valence-electron chi connectivity index (χ3n) is 1.65. The van der Waals surface area contributed by atoms with Crippen LogP contribution in [0, 0.1) is 0 Å². The first-order valence-electron chi connectivity index (χ1n) is 4.39. The first kappa shape index (κ1) is 10.6. The summed E-state index contributed by atoms with van der Waals surface area (Å²) in [7, 11) is 0. The van der Waals surface area contributed by atoms with Crippen LogP contribution in [0.5, 0.6) is 0 Å². The number of carbonyl (C=O) groups is 1. The van der Waals surface area contributed by atoms with Crippen molar-refractivity contribution < 1.29 is 9.90 Å². The lowest BCUT2D eigenvalue weighted by Crippen LogP contribution is -2.14. The minimum atomic E-state index is -0.861. The van der Waals surface area contributed by atoms with Gasteiger partial charge in [-0.05, 0) is 5.21 Å². The quantitative estimate of drug-likeness (QED) is 0.762. The Bertz CT molecular complexity index is 326. The van der Waals surface area contributed by atoms with E-state index in [2.05, 4.69) is 15.4 Å². The molecule has 1 heterocycles. The largest absolute Gasteiger partial charge is 0.481 e. The lowest BCUT2D eigenvalue weighted by atomic mass is 9.96. The molecule has 0 atom stereocenters. The Balaban J connectivity index is 2.64. The van der Waals surface area contributed by atoms with E-state index < -0.39 is 5.97 Å². The maximum atomic E-state index is 10.3. The molecule has 1 rings (SSSR count). The fourth-order valence-corrected chi connectivity index (χ4v) is 0.834. The number of carboxylic acid groups (broad SMARTS) is 1. The van der Waals surface area contributed by atoms with E-state index in [1.165, 1.54) is 4.80 Å². The van der Waals surface area contributed by atoms with Crippen molar-refractivity contribution in [3.05, 3.63) is 5.82 Å². The van der Waals surface area contributed by atoms with Crippen LogP contribution >= 0.6 is 0 Å². The molecule has 0 aliphatic carbocycles. The molecule has 0 aliphatic heterocycles. The van der Waals surface area contributed by atoms with E-state index in [1.807, 2.05) is 20.8 Å². The Kier molecular flexibility index (Phi) is 2.83. The van der Waals surface area contributed by atoms with Gasteiger partial charge in [0.25, 0.3) is 0 Å². The predicted molar refractivity (Wildman–Crippen MR) is 48.8 cm³/mol. The molecule has 78 valence electrons. The third kappa shape index (κ3) is 2.79. The summed E-state index contributed by atoms with van der Waals surface area (Å²) >= 11 is 0. The zero-order valence-electron chi connectivity index (χ0n) is 8.56. The van der Waals surface area contributed by atoms with Crippen molar-refractivity contribution in [1.82, 2.24) is 20.2 Å². The first-order chi connectivity index (χ1) is 6.39. The van der Waals surface area contributed by atoms with Crippen LogP contribution in [0.4, 0.5) is 0 Å². The molecule has 0 aromatic carbocycles. The molecule has 0 spiro atoms. The molecule has 14 heavy (non-hydrogen) atoms. The van der Waals surface area contributed by atoms with Crippen molar-refractivity contribution in [3.63, 3.8) is 0 Å². The molecule has 1 aromatic heterocycles. The number of nitrogens with zero attached hydrogens (tertiary/aromatic N) is 4. The smallest absolute Gasteiger partial charge is 0.305 e. The molecule has 0 saturated heterocycles. The van der Waals surface area contributed by atoms with Crippen molar-refractivity contribution in [2.24, 2.45) is 0 Å². The van der Waals surface area contributed by atoms with Gasteiger partial charge in [0.2, 0.25) is 0 Å². The second-order valence-electron chi connectivity index (χ2n) is 4.10. The molecule has 0 bridgehead atoms. The monoisotopic (exact) mass is 198 g/mol. The summed E-state index contributed by atoms with van der Waals surface area (Å²) in [4.78, 5) is 11.6. The highest BCUT2D eigenvalue weighted by molar-refractivity contribution is 5.66. The summed E-state index contributed by atoms with van der Waals surface area (Å²) in [5, 5.41) is 20.2. The maximum absolute atomic E-state index is 10.3. The average Bonchev–Trinajstić information content (AvgIpc) is 2.47. The lowest BCUT2D eigenvalue weighted by Gasteiger charge is -2.10. The van der Waals surface area contributed by atoms with Crippen LogP contribution in [0.1, 0.15) is 33.0 Å². The lowest BCUT2D eigenvalue weighted by molar-refractivity contribution is -0.137. The highest BCUT2D eigenvalue weighted by atomic mass is 16.4. The van der Waals surface area contributed by atoms with Gasteiger partial charge in [0.05, 0.1) is 13.0 Å². The predicted octanol–water partition coefficient (Wildman–Crippen LogP) is 0.445. The maximum Gasteiger partial charge on any atom is 0.305 e. The zero-order chi connectivity index (χ0) is 10.8. The topological polar surface area (TPSA) is 80.9 Å². The minimum Gasteiger partial charge on any atom is -0.481 e. The third-order valence-corrected chi connectivity index (χ3v) is 1.65. The van der Waals surface area contributed by atoms with Gasteiger partial charge in [-0.1, -0.05) is 20.8 Å². The van der Waals surface area contributed by atoms with E-state index in [9.17, 15) is 4.79 Å². The standard InChI is InChI=1S/C8H14N4O2/c1-8(2,3)7-9-11-12(10-7)5-4-6(13)14/h4-5H2,1-3H3,(H,13,14). The molecule has 0 saturated carbocycles. The van der Waals surface area contributed by atoms with Gasteiger partial charge >= 0.3 is 5.97 Å². The van der Waals surface area contributed by atoms with Gasteiger partial charge in [-0.25, -0.2) is 0 Å². The molecule has 1 aromatic rings. The summed E-state index contributed by atoms with van der Waals surface area (Å²) in [6, 6.07) is 0. The molecule has 1 N–H and O–H groups in total. The zero-order valence-corrected chi connectivity index (χ0v) is 8.56. The highest BCUT2D eigenvalue weighted by Crippen LogP contribution is 2.15. The van der Waals surface area contributed by atoms with E-state index in [0.29, 0.717) is 5.82 Å². The van der Waals surface area contributed by atoms with Crippen molar-refractivity contribution >= 4 is 5.97 Å². The summed E-state index contributed by atoms with van der Waals surface area (Å²) in [6.45, 7) is 6.20. The highest BCUT2D eigenvalue weighted by Gasteiger charge is 2.19. The summed E-state index contributed by atoms with van der Waals surface area (Å²) in [6.07, 6.45) is 0.0138. The van der Waals surface area contributed by atoms with Gasteiger partial charge in [-0.15, -0.1) is 10.2 Å². The number of hydrogen-bond acceptors (Lipinski definition) is 4. The minimum absolute atomic E-state index is 0.0138. The number of hydrogen-bond donors (Lipinski definition) is 1. The Morgan fingerprint density at radius 1 is 1.50 bits per heavy atom. The van der Waals surface area contributed by atoms with Crippen LogP contribution < -0.4 is 0 Å². The summed E-state index contributed by atoms with van der Waals surface area (Å²) < 4.78 is 0. The second-order valence-corrected chi connectivity index (χ2v) is 4.10. The molecular weight excluding hydrogens is 184 g/mol. The molecular formula is C8H14N4O2. The first-order valence-corrected chi connectivity index (χ1v) is 4.39. The van der Waals surface area contributed by atoms with Gasteiger partial charge in [0.15, 0.2) is 5.82 Å². The van der Waals surface area contributed by atoms with E-state index in [1.54, 1.807) is 0 Å². The Morgan fingerprint density at radius 2 is 2.14 bits per heavy atom. The number of aliphatic carboxylic acids is 1. The molecule has 0 unspecified atom stereocenters. The fraction of sp³-hybridized carbons (Fsp3) is 0.750. The van der Waals surface area contributed by atoms with Crippen LogP contribution in [0.2, 0.25) is 0 Å². The normalized spacial score (nSPS) is 11.6. The van der Waals surface area contributed by atoms with Gasteiger partial charge in [-0.3, -0.25) is 4.79 Å². The van der Waals surface area contributed by atoms with Crippen LogP contribution in [0.3, 0.4) is 0 Å². The molecule has 6 heteroatoms. The van der Waals surface area contributed by atoms with Crippen molar-refractivity contribution in [2.45, 2.75) is 39.2 Å². The molecule has 0 radical (unpaired) electrons. The molecule has 0 aliphatic rings. The second kappa shape index (κ2) is 3.73. The molecule has 6 nitrogen and oxygen atoms in total. The van der Waals surface area contributed by atoms with Crippen LogP contribution in [0.25, 0.3) is 0 Å². The van der Waals surface area contributed by atoms with E-state index in [-0.39, 0.29) is 18.4 Å². The average molecular weight is 198 g/mol. The number of rotatable bonds is 3. The van der Waals surface area contributed by atoms with Crippen molar-refractivity contribution in [3.8, 4) is 0 Å². The van der Waals surface area contributed by atoms with Crippen LogP contribution in [0.15, 0.2) is 0 Å². The number of aromatic nitrogens is 4. The number of carboxylic acids is 1. The Morgan fingerprint density at radius 3 is 2.57 bits per heavy atom. The van der Waals surface area contributed by atoms with Crippen LogP contribution in [-0.4, -0.2) is 31.3 Å². The fourth-order valence-electron chi connectivity index (χ4n) is 0.834. The summed E-state index contributed by atoms with van der Waals surface area (Å²) in [5.74, 6) is -0.234.